The maximum absolute atomic E-state index is 12.1. The van der Waals surface area contributed by atoms with Crippen LogP contribution in [0.2, 0.25) is 0 Å². The van der Waals surface area contributed by atoms with Crippen LogP contribution in [0, 0.1) is 0 Å². The Morgan fingerprint density at radius 1 is 1.40 bits per heavy atom. The smallest absolute Gasteiger partial charge is 0.233 e. The molecule has 0 spiro atoms. The number of carbonyl (C=O) groups is 1. The zero-order valence-corrected chi connectivity index (χ0v) is 13.4. The summed E-state index contributed by atoms with van der Waals surface area (Å²) in [4.78, 5) is 15.3. The highest BCUT2D eigenvalue weighted by Gasteiger charge is 2.30. The molecule has 2 rings (SSSR count). The van der Waals surface area contributed by atoms with Crippen molar-refractivity contribution in [3.8, 4) is 0 Å². The van der Waals surface area contributed by atoms with Crippen LogP contribution in [0.4, 0.5) is 0 Å². The number of rotatable bonds is 7. The summed E-state index contributed by atoms with van der Waals surface area (Å²) in [6.45, 7) is 5.04. The molecule has 1 unspecified atom stereocenters. The molecule has 0 bridgehead atoms. The fourth-order valence-corrected chi connectivity index (χ4v) is 3.06. The predicted molar refractivity (Wildman–Crippen MR) is 85.0 cm³/mol. The molecular formula is C16H24N2OS. The number of hydrogen-bond donors (Lipinski definition) is 1. The summed E-state index contributed by atoms with van der Waals surface area (Å²) >= 11 is 1.63. The van der Waals surface area contributed by atoms with Gasteiger partial charge in [-0.25, -0.2) is 0 Å². The molecule has 1 atom stereocenters. The van der Waals surface area contributed by atoms with Crippen molar-refractivity contribution in [1.29, 1.82) is 0 Å². The molecule has 0 radical (unpaired) electrons. The van der Waals surface area contributed by atoms with Gasteiger partial charge in [0.05, 0.1) is 5.75 Å². The Balaban J connectivity index is 1.85. The Bertz CT molecular complexity index is 442. The molecule has 3 nitrogen and oxygen atoms in total. The topological polar surface area (TPSA) is 32.3 Å². The second-order valence-corrected chi connectivity index (χ2v) is 6.33. The average molecular weight is 292 g/mol. The lowest BCUT2D eigenvalue weighted by molar-refractivity contribution is -0.128. The third-order valence-corrected chi connectivity index (χ3v) is 4.82. The molecule has 0 aliphatic heterocycles. The van der Waals surface area contributed by atoms with Crippen LogP contribution in [0.25, 0.3) is 0 Å². The van der Waals surface area contributed by atoms with Crippen LogP contribution in [0.15, 0.2) is 29.2 Å². The lowest BCUT2D eigenvalue weighted by atomic mass is 10.1. The summed E-state index contributed by atoms with van der Waals surface area (Å²) in [5.41, 5.74) is 1.27. The van der Waals surface area contributed by atoms with Gasteiger partial charge in [-0.05, 0) is 51.4 Å². The second-order valence-electron chi connectivity index (χ2n) is 5.28. The molecule has 1 saturated carbocycles. The third kappa shape index (κ3) is 4.00. The first-order valence-electron chi connectivity index (χ1n) is 7.35. The van der Waals surface area contributed by atoms with E-state index in [0.717, 1.165) is 11.4 Å². The minimum absolute atomic E-state index is 0.271. The van der Waals surface area contributed by atoms with Gasteiger partial charge in [-0.3, -0.25) is 4.79 Å². The fourth-order valence-electron chi connectivity index (χ4n) is 2.27. The highest BCUT2D eigenvalue weighted by atomic mass is 32.2. The molecule has 110 valence electrons. The van der Waals surface area contributed by atoms with Crippen LogP contribution >= 0.6 is 11.8 Å². The average Bonchev–Trinajstić information content (AvgIpc) is 3.30. The van der Waals surface area contributed by atoms with Gasteiger partial charge < -0.3 is 10.2 Å². The second kappa shape index (κ2) is 7.14. The van der Waals surface area contributed by atoms with Crippen LogP contribution in [0.3, 0.4) is 0 Å². The molecule has 1 N–H and O–H groups in total. The Morgan fingerprint density at radius 2 is 2.05 bits per heavy atom. The van der Waals surface area contributed by atoms with Gasteiger partial charge in [-0.15, -0.1) is 11.8 Å². The van der Waals surface area contributed by atoms with Gasteiger partial charge in [0.15, 0.2) is 0 Å². The van der Waals surface area contributed by atoms with Gasteiger partial charge in [0, 0.05) is 23.5 Å². The minimum Gasteiger partial charge on any atom is -0.339 e. The van der Waals surface area contributed by atoms with Crippen molar-refractivity contribution in [2.75, 3.05) is 19.3 Å². The Kier molecular flexibility index (Phi) is 5.49. The molecule has 20 heavy (non-hydrogen) atoms. The lowest BCUT2D eigenvalue weighted by Crippen LogP contribution is -2.34. The summed E-state index contributed by atoms with van der Waals surface area (Å²) in [6.07, 6.45) is 2.36. The van der Waals surface area contributed by atoms with Crippen LogP contribution in [0.5, 0.6) is 0 Å². The predicted octanol–water partition coefficient (Wildman–Crippen LogP) is 3.07. The van der Waals surface area contributed by atoms with Crippen molar-refractivity contribution in [2.24, 2.45) is 0 Å². The van der Waals surface area contributed by atoms with Crippen molar-refractivity contribution >= 4 is 17.7 Å². The van der Waals surface area contributed by atoms with E-state index < -0.39 is 0 Å². The number of benzene rings is 1. The van der Waals surface area contributed by atoms with Crippen molar-refractivity contribution < 1.29 is 4.79 Å². The monoisotopic (exact) mass is 292 g/mol. The van der Waals surface area contributed by atoms with E-state index in [0.29, 0.717) is 17.8 Å². The Morgan fingerprint density at radius 3 is 2.55 bits per heavy atom. The van der Waals surface area contributed by atoms with Crippen LogP contribution < -0.4 is 5.32 Å². The number of nitrogens with one attached hydrogen (secondary N) is 1. The largest absolute Gasteiger partial charge is 0.339 e. The van der Waals surface area contributed by atoms with Gasteiger partial charge in [0.2, 0.25) is 5.91 Å². The summed E-state index contributed by atoms with van der Waals surface area (Å²) in [7, 11) is 1.96. The summed E-state index contributed by atoms with van der Waals surface area (Å²) in [5, 5.41) is 3.23. The highest BCUT2D eigenvalue weighted by molar-refractivity contribution is 8.00. The van der Waals surface area contributed by atoms with E-state index in [1.54, 1.807) is 11.8 Å². The maximum atomic E-state index is 12.1. The van der Waals surface area contributed by atoms with E-state index in [1.165, 1.54) is 18.4 Å². The first-order chi connectivity index (χ1) is 9.65. The number of hydrogen-bond acceptors (Lipinski definition) is 3. The van der Waals surface area contributed by atoms with Crippen molar-refractivity contribution in [2.45, 2.75) is 43.7 Å². The quantitative estimate of drug-likeness (QED) is 0.784. The molecule has 1 aliphatic rings. The highest BCUT2D eigenvalue weighted by Crippen LogP contribution is 2.28. The van der Waals surface area contributed by atoms with E-state index in [-0.39, 0.29) is 5.91 Å². The first-order valence-corrected chi connectivity index (χ1v) is 8.33. The molecule has 1 amide bonds. The fraction of sp³-hybridized carbons (Fsp3) is 0.562. The molecule has 1 aliphatic carbocycles. The molecule has 1 aromatic rings. The van der Waals surface area contributed by atoms with E-state index >= 15 is 0 Å². The standard InChI is InChI=1S/C16H24N2OS/c1-4-18(14-7-8-14)16(19)11-20-15-9-5-13(6-10-15)12(2)17-3/h5-6,9-10,12,14,17H,4,7-8,11H2,1-3H3. The first kappa shape index (κ1) is 15.4. The maximum Gasteiger partial charge on any atom is 0.233 e. The van der Waals surface area contributed by atoms with Crippen LogP contribution in [-0.4, -0.2) is 36.2 Å². The van der Waals surface area contributed by atoms with E-state index in [1.807, 2.05) is 11.9 Å². The summed E-state index contributed by atoms with van der Waals surface area (Å²) in [6, 6.07) is 9.36. The van der Waals surface area contributed by atoms with Gasteiger partial charge in [-0.1, -0.05) is 12.1 Å². The third-order valence-electron chi connectivity index (χ3n) is 3.82. The van der Waals surface area contributed by atoms with Gasteiger partial charge in [0.25, 0.3) is 0 Å². The van der Waals surface area contributed by atoms with E-state index in [9.17, 15) is 4.79 Å². The van der Waals surface area contributed by atoms with Crippen molar-refractivity contribution in [1.82, 2.24) is 10.2 Å². The summed E-state index contributed by atoms with van der Waals surface area (Å²) in [5.74, 6) is 0.818. The SMILES string of the molecule is CCN(C(=O)CSc1ccc(C(C)NC)cc1)C1CC1. The zero-order chi connectivity index (χ0) is 14.5. The van der Waals surface area contributed by atoms with Gasteiger partial charge in [0.1, 0.15) is 0 Å². The normalized spacial score (nSPS) is 15.9. The number of thioether (sulfide) groups is 1. The molecule has 0 heterocycles. The van der Waals surface area contributed by atoms with Gasteiger partial charge in [-0.2, -0.15) is 0 Å². The van der Waals surface area contributed by atoms with Crippen LogP contribution in [-0.2, 0) is 4.79 Å². The molecule has 4 heteroatoms. The van der Waals surface area contributed by atoms with Crippen LogP contribution in [0.1, 0.15) is 38.3 Å². The molecule has 1 aromatic carbocycles. The molecular weight excluding hydrogens is 268 g/mol. The lowest BCUT2D eigenvalue weighted by Gasteiger charge is -2.20. The summed E-state index contributed by atoms with van der Waals surface area (Å²) < 4.78 is 0. The number of carbonyl (C=O) groups excluding carboxylic acids is 1. The van der Waals surface area contributed by atoms with E-state index in [2.05, 4.69) is 43.4 Å². The van der Waals surface area contributed by atoms with Gasteiger partial charge >= 0.3 is 0 Å². The molecule has 1 fully saturated rings. The number of nitrogens with zero attached hydrogens (tertiary/aromatic N) is 1. The van der Waals surface area contributed by atoms with Crippen molar-refractivity contribution in [3.05, 3.63) is 29.8 Å². The van der Waals surface area contributed by atoms with Crippen molar-refractivity contribution in [3.63, 3.8) is 0 Å². The minimum atomic E-state index is 0.271. The molecule has 0 aromatic heterocycles. The number of amides is 1. The Hall–Kier alpha value is -1.00. The van der Waals surface area contributed by atoms with E-state index in [4.69, 9.17) is 0 Å². The molecule has 0 saturated heterocycles. The Labute approximate surface area is 126 Å². The zero-order valence-electron chi connectivity index (χ0n) is 12.6.